The lowest BCUT2D eigenvalue weighted by Gasteiger charge is -2.33. The number of ether oxygens (including phenoxy) is 1. The van der Waals surface area contributed by atoms with Crippen LogP contribution in [0.5, 0.6) is 0 Å². The third-order valence-electron chi connectivity index (χ3n) is 7.86. The van der Waals surface area contributed by atoms with Crippen LogP contribution in [0.1, 0.15) is 79.7 Å². The van der Waals surface area contributed by atoms with Gasteiger partial charge in [0.05, 0.1) is 30.5 Å². The molecule has 0 bridgehead atoms. The average molecular weight is 503 g/mol. The number of pyridine rings is 1. The number of aromatic amines is 1. The Morgan fingerprint density at radius 3 is 2.81 bits per heavy atom. The molecule has 0 radical (unpaired) electrons. The Bertz CT molecular complexity index is 1380. The molecular weight excluding hydrogens is 468 g/mol. The molecule has 37 heavy (non-hydrogen) atoms. The second-order valence-corrected chi connectivity index (χ2v) is 10.4. The average Bonchev–Trinajstić information content (AvgIpc) is 3.70. The van der Waals surface area contributed by atoms with Crippen LogP contribution in [0.2, 0.25) is 0 Å². The van der Waals surface area contributed by atoms with Crippen LogP contribution in [-0.2, 0) is 11.3 Å². The van der Waals surface area contributed by atoms with Crippen molar-refractivity contribution in [3.05, 3.63) is 75.7 Å². The summed E-state index contributed by atoms with van der Waals surface area (Å²) in [5, 5.41) is 14.2. The predicted molar refractivity (Wildman–Crippen MR) is 139 cm³/mol. The van der Waals surface area contributed by atoms with Crippen LogP contribution in [0, 0.1) is 6.92 Å². The van der Waals surface area contributed by atoms with Crippen molar-refractivity contribution < 1.29 is 9.15 Å². The first-order valence-electron chi connectivity index (χ1n) is 13.5. The molecule has 4 aromatic rings. The highest BCUT2D eigenvalue weighted by atomic mass is 16.5. The van der Waals surface area contributed by atoms with Gasteiger partial charge in [-0.25, -0.2) is 4.68 Å². The second-order valence-electron chi connectivity index (χ2n) is 10.4. The van der Waals surface area contributed by atoms with E-state index in [0.29, 0.717) is 24.5 Å². The Labute approximate surface area is 215 Å². The summed E-state index contributed by atoms with van der Waals surface area (Å²) in [5.41, 5.74) is 2.41. The summed E-state index contributed by atoms with van der Waals surface area (Å²) < 4.78 is 13.8. The minimum atomic E-state index is -0.458. The van der Waals surface area contributed by atoms with Gasteiger partial charge in [0.1, 0.15) is 11.8 Å². The molecule has 2 aliphatic rings. The first-order chi connectivity index (χ1) is 18.2. The first-order valence-corrected chi connectivity index (χ1v) is 13.5. The zero-order valence-electron chi connectivity index (χ0n) is 21.3. The number of H-pyrrole nitrogens is 1. The van der Waals surface area contributed by atoms with E-state index < -0.39 is 6.04 Å². The number of benzene rings is 1. The summed E-state index contributed by atoms with van der Waals surface area (Å²) in [6.45, 7) is 3.94. The number of tetrazole rings is 1. The van der Waals surface area contributed by atoms with E-state index in [1.165, 1.54) is 6.42 Å². The Hall–Kier alpha value is -3.30. The van der Waals surface area contributed by atoms with Gasteiger partial charge in [-0.3, -0.25) is 9.69 Å². The molecule has 2 fully saturated rings. The number of nitrogens with one attached hydrogen (secondary N) is 1. The van der Waals surface area contributed by atoms with Gasteiger partial charge in [0.15, 0.2) is 5.82 Å². The predicted octanol–water partition coefficient (Wildman–Crippen LogP) is 4.69. The van der Waals surface area contributed by atoms with Crippen molar-refractivity contribution in [1.29, 1.82) is 0 Å². The van der Waals surface area contributed by atoms with Gasteiger partial charge >= 0.3 is 0 Å². The molecule has 1 aromatic carbocycles. The largest absolute Gasteiger partial charge is 0.468 e. The molecule has 9 nitrogen and oxygen atoms in total. The molecule has 4 heterocycles. The minimum Gasteiger partial charge on any atom is -0.468 e. The molecule has 1 N–H and O–H groups in total. The molecule has 0 amide bonds. The fraction of sp³-hybridized carbons (Fsp3) is 0.500. The molecule has 1 saturated carbocycles. The van der Waals surface area contributed by atoms with Gasteiger partial charge in [-0.15, -0.1) is 5.10 Å². The SMILES string of the molecule is Cc1cccc2cc([C@H](c3nnnn3C3CCCCC3)N(Cc3ccco3)C[C@@H]3CCCO3)c(=O)[nH]c12. The monoisotopic (exact) mass is 502 g/mol. The van der Waals surface area contributed by atoms with Crippen molar-refractivity contribution in [3.8, 4) is 0 Å². The lowest BCUT2D eigenvalue weighted by molar-refractivity contribution is 0.0539. The van der Waals surface area contributed by atoms with Crippen LogP contribution in [0.3, 0.4) is 0 Å². The number of rotatable bonds is 8. The Morgan fingerprint density at radius 1 is 1.14 bits per heavy atom. The lowest BCUT2D eigenvalue weighted by Crippen LogP contribution is -2.39. The number of para-hydroxylation sites is 1. The highest BCUT2D eigenvalue weighted by molar-refractivity contribution is 5.82. The number of fused-ring (bicyclic) bond motifs is 1. The van der Waals surface area contributed by atoms with E-state index in [4.69, 9.17) is 9.15 Å². The highest BCUT2D eigenvalue weighted by Gasteiger charge is 2.35. The van der Waals surface area contributed by atoms with Crippen LogP contribution in [0.15, 0.2) is 51.9 Å². The lowest BCUT2D eigenvalue weighted by atomic mass is 9.95. The van der Waals surface area contributed by atoms with E-state index in [0.717, 1.165) is 67.4 Å². The van der Waals surface area contributed by atoms with Gasteiger partial charge in [0, 0.05) is 18.7 Å². The van der Waals surface area contributed by atoms with Gasteiger partial charge in [-0.2, -0.15) is 0 Å². The number of hydrogen-bond acceptors (Lipinski definition) is 7. The van der Waals surface area contributed by atoms with Gasteiger partial charge in [-0.05, 0) is 72.2 Å². The molecule has 194 valence electrons. The quantitative estimate of drug-likeness (QED) is 0.373. The van der Waals surface area contributed by atoms with E-state index >= 15 is 0 Å². The van der Waals surface area contributed by atoms with E-state index in [2.05, 4.69) is 25.4 Å². The molecule has 3 aromatic heterocycles. The summed E-state index contributed by atoms with van der Waals surface area (Å²) in [7, 11) is 0. The fourth-order valence-corrected chi connectivity index (χ4v) is 5.98. The van der Waals surface area contributed by atoms with E-state index in [9.17, 15) is 4.79 Å². The van der Waals surface area contributed by atoms with E-state index in [1.54, 1.807) is 6.26 Å². The van der Waals surface area contributed by atoms with Crippen molar-refractivity contribution in [3.63, 3.8) is 0 Å². The van der Waals surface area contributed by atoms with Crippen molar-refractivity contribution in [2.45, 2.75) is 76.6 Å². The van der Waals surface area contributed by atoms with Crippen molar-refractivity contribution in [1.82, 2.24) is 30.1 Å². The summed E-state index contributed by atoms with van der Waals surface area (Å²) in [6, 6.07) is 11.7. The number of furan rings is 1. The number of hydrogen-bond donors (Lipinski definition) is 1. The van der Waals surface area contributed by atoms with Crippen LogP contribution in [0.4, 0.5) is 0 Å². The molecule has 0 spiro atoms. The summed E-state index contributed by atoms with van der Waals surface area (Å²) >= 11 is 0. The maximum absolute atomic E-state index is 13.7. The summed E-state index contributed by atoms with van der Waals surface area (Å²) in [4.78, 5) is 19.2. The molecule has 2 atom stereocenters. The smallest absolute Gasteiger partial charge is 0.253 e. The van der Waals surface area contributed by atoms with Crippen molar-refractivity contribution >= 4 is 10.9 Å². The van der Waals surface area contributed by atoms with Gasteiger partial charge in [-0.1, -0.05) is 37.5 Å². The molecule has 1 saturated heterocycles. The zero-order chi connectivity index (χ0) is 25.2. The van der Waals surface area contributed by atoms with Gasteiger partial charge < -0.3 is 14.1 Å². The van der Waals surface area contributed by atoms with E-state index in [-0.39, 0.29) is 17.7 Å². The molecular formula is C28H34N6O3. The van der Waals surface area contributed by atoms with E-state index in [1.807, 2.05) is 48.0 Å². The standard InChI is InChI=1S/C28H34N6O3/c1-19-8-5-9-20-16-24(28(35)29-25(19)20)26(27-30-31-32-34(27)21-10-3-2-4-11-21)33(17-22-12-6-14-36-22)18-23-13-7-15-37-23/h5-6,8-9,12,14,16,21,23,26H,2-4,7,10-11,13,15,17-18H2,1H3,(H,29,35)/t23-,26+/m0/s1. The molecule has 9 heteroatoms. The van der Waals surface area contributed by atoms with Gasteiger partial charge in [0.2, 0.25) is 0 Å². The molecule has 1 aliphatic carbocycles. The number of aryl methyl sites for hydroxylation is 1. The van der Waals surface area contributed by atoms with Crippen LogP contribution < -0.4 is 5.56 Å². The second kappa shape index (κ2) is 10.6. The Kier molecular flexibility index (Phi) is 6.89. The summed E-state index contributed by atoms with van der Waals surface area (Å²) in [5.74, 6) is 1.53. The van der Waals surface area contributed by atoms with Gasteiger partial charge in [0.25, 0.3) is 5.56 Å². The number of aromatic nitrogens is 5. The number of nitrogens with zero attached hydrogens (tertiary/aromatic N) is 5. The van der Waals surface area contributed by atoms with Crippen molar-refractivity contribution in [2.75, 3.05) is 13.2 Å². The fourth-order valence-electron chi connectivity index (χ4n) is 5.98. The Morgan fingerprint density at radius 2 is 2.03 bits per heavy atom. The van der Waals surface area contributed by atoms with Crippen LogP contribution in [0.25, 0.3) is 10.9 Å². The first kappa shape index (κ1) is 24.1. The topological polar surface area (TPSA) is 102 Å². The Balaban J connectivity index is 1.50. The van der Waals surface area contributed by atoms with Crippen molar-refractivity contribution in [2.24, 2.45) is 0 Å². The maximum atomic E-state index is 13.7. The highest BCUT2D eigenvalue weighted by Crippen LogP contribution is 2.34. The molecule has 1 aliphatic heterocycles. The van der Waals surface area contributed by atoms with Crippen LogP contribution in [-0.4, -0.2) is 49.3 Å². The van der Waals surface area contributed by atoms with Crippen LogP contribution >= 0.6 is 0 Å². The zero-order valence-corrected chi connectivity index (χ0v) is 21.3. The normalized spacial score (nSPS) is 19.7. The molecule has 6 rings (SSSR count). The third-order valence-corrected chi connectivity index (χ3v) is 7.86. The maximum Gasteiger partial charge on any atom is 0.253 e. The minimum absolute atomic E-state index is 0.0817. The molecule has 0 unspecified atom stereocenters. The third kappa shape index (κ3) is 4.98. The summed E-state index contributed by atoms with van der Waals surface area (Å²) in [6.07, 6.45) is 9.45.